The van der Waals surface area contributed by atoms with Crippen molar-refractivity contribution >= 4 is 17.0 Å². The van der Waals surface area contributed by atoms with Gasteiger partial charge in [0, 0.05) is 19.6 Å². The summed E-state index contributed by atoms with van der Waals surface area (Å²) in [4.78, 5) is 21.9. The van der Waals surface area contributed by atoms with Crippen LogP contribution in [0.25, 0.3) is 11.0 Å². The van der Waals surface area contributed by atoms with Gasteiger partial charge in [-0.05, 0) is 32.4 Å². The highest BCUT2D eigenvalue weighted by atomic mass is 16.1. The van der Waals surface area contributed by atoms with Gasteiger partial charge in [0.1, 0.15) is 5.39 Å². The zero-order valence-corrected chi connectivity index (χ0v) is 14.0. The fourth-order valence-electron chi connectivity index (χ4n) is 3.28. The van der Waals surface area contributed by atoms with Gasteiger partial charge < -0.3 is 5.32 Å². The summed E-state index contributed by atoms with van der Waals surface area (Å²) < 4.78 is 1.63. The van der Waals surface area contributed by atoms with Crippen LogP contribution in [0.4, 0.5) is 5.95 Å². The summed E-state index contributed by atoms with van der Waals surface area (Å²) in [5.41, 5.74) is 0.472. The molecule has 7 heteroatoms. The first kappa shape index (κ1) is 16.0. The van der Waals surface area contributed by atoms with E-state index < -0.39 is 0 Å². The van der Waals surface area contributed by atoms with E-state index in [4.69, 9.17) is 0 Å². The van der Waals surface area contributed by atoms with Gasteiger partial charge in [0.25, 0.3) is 5.56 Å². The quantitative estimate of drug-likeness (QED) is 0.848. The number of aryl methyl sites for hydroxylation is 1. The Balaban J connectivity index is 1.69. The maximum absolute atomic E-state index is 12.1. The molecule has 3 heterocycles. The maximum Gasteiger partial charge on any atom is 0.263 e. The summed E-state index contributed by atoms with van der Waals surface area (Å²) in [7, 11) is 1.80. The van der Waals surface area contributed by atoms with E-state index in [0.29, 0.717) is 23.0 Å². The molecular weight excluding hydrogens is 292 g/mol. The van der Waals surface area contributed by atoms with Crippen LogP contribution in [0.5, 0.6) is 0 Å². The molecule has 0 spiro atoms. The summed E-state index contributed by atoms with van der Waals surface area (Å²) in [6, 6.07) is 0.517. The van der Waals surface area contributed by atoms with Crippen LogP contribution >= 0.6 is 0 Å². The molecule has 1 saturated heterocycles. The fourth-order valence-corrected chi connectivity index (χ4v) is 3.28. The predicted octanol–water partition coefficient (Wildman–Crippen LogP) is 1.72. The molecule has 7 nitrogen and oxygen atoms in total. The van der Waals surface area contributed by atoms with Gasteiger partial charge in [-0.3, -0.25) is 19.4 Å². The lowest BCUT2D eigenvalue weighted by Crippen LogP contribution is -2.44. The Morgan fingerprint density at radius 2 is 2.30 bits per heavy atom. The van der Waals surface area contributed by atoms with E-state index in [1.165, 1.54) is 38.6 Å². The van der Waals surface area contributed by atoms with Gasteiger partial charge in [-0.1, -0.05) is 19.8 Å². The van der Waals surface area contributed by atoms with Crippen LogP contribution in [-0.2, 0) is 7.05 Å². The fraction of sp³-hybridized carbons (Fsp3) is 0.688. The van der Waals surface area contributed by atoms with E-state index in [1.807, 2.05) is 0 Å². The Kier molecular flexibility index (Phi) is 4.95. The Morgan fingerprint density at radius 3 is 3.13 bits per heavy atom. The molecule has 1 aliphatic rings. The molecule has 0 bridgehead atoms. The molecule has 3 rings (SSSR count). The van der Waals surface area contributed by atoms with E-state index in [-0.39, 0.29) is 5.56 Å². The summed E-state index contributed by atoms with van der Waals surface area (Å²) in [6.45, 7) is 5.38. The van der Waals surface area contributed by atoms with Gasteiger partial charge in [-0.2, -0.15) is 10.1 Å². The minimum Gasteiger partial charge on any atom is -0.354 e. The van der Waals surface area contributed by atoms with Crippen LogP contribution in [0, 0.1) is 0 Å². The number of piperidine rings is 1. The lowest BCUT2D eigenvalue weighted by atomic mass is 10.0. The number of fused-ring (bicyclic) bond motifs is 1. The monoisotopic (exact) mass is 318 g/mol. The van der Waals surface area contributed by atoms with Crippen molar-refractivity contribution in [3.63, 3.8) is 0 Å². The molecule has 2 aromatic heterocycles. The second kappa shape index (κ2) is 7.12. The third-order valence-electron chi connectivity index (χ3n) is 4.65. The first-order chi connectivity index (χ1) is 11.2. The van der Waals surface area contributed by atoms with Crippen molar-refractivity contribution in [3.8, 4) is 0 Å². The minimum absolute atomic E-state index is 0.142. The highest BCUT2D eigenvalue weighted by Gasteiger charge is 2.21. The number of H-pyrrole nitrogens is 1. The SMILES string of the molecule is CCCCN1CCCCC1CNc1nc2c(cnn2C)c(=O)[nH]1. The molecule has 0 amide bonds. The van der Waals surface area contributed by atoms with Crippen LogP contribution in [0.3, 0.4) is 0 Å². The van der Waals surface area contributed by atoms with E-state index >= 15 is 0 Å². The zero-order chi connectivity index (χ0) is 16.2. The number of aromatic amines is 1. The van der Waals surface area contributed by atoms with Crippen LogP contribution in [0.15, 0.2) is 11.0 Å². The second-order valence-corrected chi connectivity index (χ2v) is 6.34. The van der Waals surface area contributed by atoms with Crippen molar-refractivity contribution < 1.29 is 0 Å². The minimum atomic E-state index is -0.142. The summed E-state index contributed by atoms with van der Waals surface area (Å²) >= 11 is 0. The third kappa shape index (κ3) is 3.55. The standard InChI is InChI=1S/C16H26N6O/c1-3-4-8-22-9-6-5-7-12(22)10-17-16-19-14-13(15(23)20-16)11-18-21(14)2/h11-12H,3-10H2,1-2H3,(H2,17,19,20,23). The molecule has 1 aliphatic heterocycles. The lowest BCUT2D eigenvalue weighted by Gasteiger charge is -2.35. The number of unbranched alkanes of at least 4 members (excludes halogenated alkanes) is 1. The highest BCUT2D eigenvalue weighted by molar-refractivity contribution is 5.74. The van der Waals surface area contributed by atoms with Gasteiger partial charge in [-0.15, -0.1) is 0 Å². The van der Waals surface area contributed by atoms with Crippen LogP contribution in [0.2, 0.25) is 0 Å². The molecule has 2 aromatic rings. The van der Waals surface area contributed by atoms with Gasteiger partial charge in [0.15, 0.2) is 5.65 Å². The summed E-state index contributed by atoms with van der Waals surface area (Å²) in [6.07, 6.45) is 7.79. The van der Waals surface area contributed by atoms with Crippen molar-refractivity contribution in [1.29, 1.82) is 0 Å². The van der Waals surface area contributed by atoms with Crippen molar-refractivity contribution in [2.75, 3.05) is 25.0 Å². The molecule has 0 saturated carbocycles. The topological polar surface area (TPSA) is 78.8 Å². The van der Waals surface area contributed by atoms with Crippen molar-refractivity contribution in [2.24, 2.45) is 7.05 Å². The largest absolute Gasteiger partial charge is 0.354 e. The average Bonchev–Trinajstić information content (AvgIpc) is 2.93. The van der Waals surface area contributed by atoms with Crippen molar-refractivity contribution in [2.45, 2.75) is 45.1 Å². The van der Waals surface area contributed by atoms with E-state index in [1.54, 1.807) is 17.9 Å². The van der Waals surface area contributed by atoms with Crippen molar-refractivity contribution in [3.05, 3.63) is 16.6 Å². The molecule has 2 N–H and O–H groups in total. The number of rotatable bonds is 6. The number of hydrogen-bond acceptors (Lipinski definition) is 5. The van der Waals surface area contributed by atoms with E-state index in [9.17, 15) is 4.79 Å². The van der Waals surface area contributed by atoms with Gasteiger partial charge in [-0.25, -0.2) is 0 Å². The van der Waals surface area contributed by atoms with E-state index in [0.717, 1.165) is 13.1 Å². The Morgan fingerprint density at radius 1 is 1.43 bits per heavy atom. The molecule has 1 fully saturated rings. The molecular formula is C16H26N6O. The maximum atomic E-state index is 12.1. The molecule has 1 atom stereocenters. The second-order valence-electron chi connectivity index (χ2n) is 6.34. The Hall–Kier alpha value is -1.89. The first-order valence-electron chi connectivity index (χ1n) is 8.59. The molecule has 0 aromatic carbocycles. The summed E-state index contributed by atoms with van der Waals surface area (Å²) in [5.74, 6) is 0.534. The number of likely N-dealkylation sites (tertiary alicyclic amines) is 1. The van der Waals surface area contributed by atoms with E-state index in [2.05, 4.69) is 32.2 Å². The summed E-state index contributed by atoms with van der Waals surface area (Å²) in [5, 5.41) is 7.94. The van der Waals surface area contributed by atoms with Gasteiger partial charge >= 0.3 is 0 Å². The van der Waals surface area contributed by atoms with Crippen LogP contribution in [0.1, 0.15) is 39.0 Å². The smallest absolute Gasteiger partial charge is 0.263 e. The van der Waals surface area contributed by atoms with Gasteiger partial charge in [0.2, 0.25) is 5.95 Å². The Bertz CT molecular complexity index is 706. The first-order valence-corrected chi connectivity index (χ1v) is 8.59. The van der Waals surface area contributed by atoms with Crippen LogP contribution in [-0.4, -0.2) is 50.3 Å². The molecule has 23 heavy (non-hydrogen) atoms. The number of nitrogens with zero attached hydrogens (tertiary/aromatic N) is 4. The lowest BCUT2D eigenvalue weighted by molar-refractivity contribution is 0.154. The number of nitrogens with one attached hydrogen (secondary N) is 2. The highest BCUT2D eigenvalue weighted by Crippen LogP contribution is 2.18. The molecule has 1 unspecified atom stereocenters. The molecule has 0 aliphatic carbocycles. The third-order valence-corrected chi connectivity index (χ3v) is 4.65. The Labute approximate surface area is 136 Å². The normalized spacial score (nSPS) is 19.3. The van der Waals surface area contributed by atoms with Crippen molar-refractivity contribution in [1.82, 2.24) is 24.6 Å². The molecule has 0 radical (unpaired) electrons. The average molecular weight is 318 g/mol. The predicted molar refractivity (Wildman–Crippen MR) is 91.7 cm³/mol. The number of hydrogen-bond donors (Lipinski definition) is 2. The van der Waals surface area contributed by atoms with Crippen LogP contribution < -0.4 is 10.9 Å². The zero-order valence-electron chi connectivity index (χ0n) is 14.0. The number of anilines is 1. The van der Waals surface area contributed by atoms with Gasteiger partial charge in [0.05, 0.1) is 6.20 Å². The number of aromatic nitrogens is 4. The molecule has 126 valence electrons.